The fraction of sp³-hybridized carbons (Fsp3) is 0.217. The summed E-state index contributed by atoms with van der Waals surface area (Å²) in [6.45, 7) is 0.0227. The van der Waals surface area contributed by atoms with Crippen LogP contribution in [0.2, 0.25) is 0 Å². The lowest BCUT2D eigenvalue weighted by atomic mass is 10.1. The van der Waals surface area contributed by atoms with Crippen molar-refractivity contribution in [2.45, 2.75) is 32.2 Å². The molecule has 1 amide bonds. The van der Waals surface area contributed by atoms with Crippen molar-refractivity contribution in [3.63, 3.8) is 0 Å². The van der Waals surface area contributed by atoms with Gasteiger partial charge in [0, 0.05) is 18.8 Å². The SMILES string of the molecule is O=C(NCc1ncccc1F)c1cc(CCCCc2nc3ccccc3[nH]2)ccn1. The van der Waals surface area contributed by atoms with Crippen molar-refractivity contribution in [2.75, 3.05) is 0 Å². The van der Waals surface area contributed by atoms with Gasteiger partial charge in [0.1, 0.15) is 17.3 Å². The Balaban J connectivity index is 1.27. The van der Waals surface area contributed by atoms with Gasteiger partial charge in [-0.15, -0.1) is 0 Å². The summed E-state index contributed by atoms with van der Waals surface area (Å²) >= 11 is 0. The lowest BCUT2D eigenvalue weighted by Crippen LogP contribution is -2.25. The molecule has 6 nitrogen and oxygen atoms in total. The van der Waals surface area contributed by atoms with Crippen LogP contribution in [0.3, 0.4) is 0 Å². The Hall–Kier alpha value is -3.61. The van der Waals surface area contributed by atoms with Crippen LogP contribution >= 0.6 is 0 Å². The number of unbranched alkanes of at least 4 members (excludes halogenated alkanes) is 1. The Morgan fingerprint density at radius 3 is 2.73 bits per heavy atom. The van der Waals surface area contributed by atoms with Crippen molar-refractivity contribution in [1.82, 2.24) is 25.3 Å². The van der Waals surface area contributed by atoms with Gasteiger partial charge in [-0.2, -0.15) is 0 Å². The molecular weight excluding hydrogens is 381 g/mol. The van der Waals surface area contributed by atoms with E-state index >= 15 is 0 Å². The van der Waals surface area contributed by atoms with Gasteiger partial charge in [-0.25, -0.2) is 9.37 Å². The van der Waals surface area contributed by atoms with Gasteiger partial charge >= 0.3 is 0 Å². The van der Waals surface area contributed by atoms with Crippen LogP contribution in [0, 0.1) is 5.82 Å². The molecule has 4 aromatic rings. The number of aromatic amines is 1. The number of halogens is 1. The second kappa shape index (κ2) is 9.26. The number of imidazole rings is 1. The molecule has 0 saturated carbocycles. The second-order valence-electron chi connectivity index (χ2n) is 7.07. The molecule has 152 valence electrons. The summed E-state index contributed by atoms with van der Waals surface area (Å²) in [5, 5.41) is 2.67. The number of fused-ring (bicyclic) bond motifs is 1. The van der Waals surface area contributed by atoms with Gasteiger partial charge in [0.2, 0.25) is 0 Å². The van der Waals surface area contributed by atoms with Gasteiger partial charge in [-0.1, -0.05) is 12.1 Å². The fourth-order valence-electron chi connectivity index (χ4n) is 3.30. The Morgan fingerprint density at radius 2 is 1.87 bits per heavy atom. The molecule has 4 rings (SSSR count). The quantitative estimate of drug-likeness (QED) is 0.436. The maximum Gasteiger partial charge on any atom is 0.270 e. The predicted octanol–water partition coefficient (Wildman–Crippen LogP) is 3.99. The van der Waals surface area contributed by atoms with Gasteiger partial charge in [-0.05, 0) is 61.2 Å². The number of aryl methyl sites for hydroxylation is 2. The highest BCUT2D eigenvalue weighted by atomic mass is 19.1. The third-order valence-corrected chi connectivity index (χ3v) is 4.88. The largest absolute Gasteiger partial charge is 0.345 e. The van der Waals surface area contributed by atoms with Crippen LogP contribution in [-0.2, 0) is 19.4 Å². The van der Waals surface area contributed by atoms with Gasteiger partial charge in [0.25, 0.3) is 5.91 Å². The lowest BCUT2D eigenvalue weighted by molar-refractivity contribution is 0.0945. The average molecular weight is 403 g/mol. The first kappa shape index (κ1) is 19.7. The molecule has 0 saturated heterocycles. The van der Waals surface area contributed by atoms with Gasteiger partial charge in [0.05, 0.1) is 23.3 Å². The molecule has 3 aromatic heterocycles. The maximum absolute atomic E-state index is 13.6. The third-order valence-electron chi connectivity index (χ3n) is 4.88. The topological polar surface area (TPSA) is 83.6 Å². The van der Waals surface area contributed by atoms with E-state index in [9.17, 15) is 9.18 Å². The zero-order valence-electron chi connectivity index (χ0n) is 16.4. The Bertz CT molecular complexity index is 1120. The zero-order chi connectivity index (χ0) is 20.8. The molecule has 0 aliphatic heterocycles. The minimum absolute atomic E-state index is 0.0227. The summed E-state index contributed by atoms with van der Waals surface area (Å²) in [4.78, 5) is 28.4. The minimum Gasteiger partial charge on any atom is -0.345 e. The molecule has 3 heterocycles. The minimum atomic E-state index is -0.441. The zero-order valence-corrected chi connectivity index (χ0v) is 16.4. The summed E-state index contributed by atoms with van der Waals surface area (Å²) in [6, 6.07) is 14.5. The number of amides is 1. The van der Waals surface area contributed by atoms with E-state index in [4.69, 9.17) is 0 Å². The summed E-state index contributed by atoms with van der Waals surface area (Å²) in [5.41, 5.74) is 3.61. The molecule has 0 spiro atoms. The van der Waals surface area contributed by atoms with Crippen LogP contribution in [0.15, 0.2) is 60.9 Å². The molecule has 0 unspecified atom stereocenters. The van der Waals surface area contributed by atoms with Crippen LogP contribution in [-0.4, -0.2) is 25.8 Å². The van der Waals surface area contributed by atoms with E-state index in [0.29, 0.717) is 5.69 Å². The summed E-state index contributed by atoms with van der Waals surface area (Å²) < 4.78 is 13.6. The smallest absolute Gasteiger partial charge is 0.270 e. The number of nitrogens with one attached hydrogen (secondary N) is 2. The highest BCUT2D eigenvalue weighted by Gasteiger charge is 2.10. The molecule has 0 fully saturated rings. The van der Waals surface area contributed by atoms with Crippen molar-refractivity contribution in [2.24, 2.45) is 0 Å². The molecule has 0 aliphatic rings. The molecule has 1 aromatic carbocycles. The van der Waals surface area contributed by atoms with Crippen LogP contribution in [0.25, 0.3) is 11.0 Å². The number of hydrogen-bond donors (Lipinski definition) is 2. The molecule has 2 N–H and O–H groups in total. The first-order chi connectivity index (χ1) is 14.7. The van der Waals surface area contributed by atoms with E-state index in [1.165, 1.54) is 18.3 Å². The number of hydrogen-bond acceptors (Lipinski definition) is 4. The normalized spacial score (nSPS) is 11.0. The number of aromatic nitrogens is 4. The van der Waals surface area contributed by atoms with Crippen LogP contribution in [0.4, 0.5) is 4.39 Å². The number of carbonyl (C=O) groups is 1. The van der Waals surface area contributed by atoms with E-state index in [2.05, 4.69) is 25.3 Å². The molecular formula is C23H22FN5O. The number of rotatable bonds is 8. The van der Waals surface area contributed by atoms with Crippen LogP contribution in [0.1, 0.15) is 40.4 Å². The monoisotopic (exact) mass is 403 g/mol. The predicted molar refractivity (Wildman–Crippen MR) is 112 cm³/mol. The van der Waals surface area contributed by atoms with E-state index in [1.54, 1.807) is 12.3 Å². The highest BCUT2D eigenvalue weighted by Crippen LogP contribution is 2.13. The molecule has 30 heavy (non-hydrogen) atoms. The number of benzene rings is 1. The number of pyridine rings is 2. The van der Waals surface area contributed by atoms with Crippen LogP contribution < -0.4 is 5.32 Å². The summed E-state index contributed by atoms with van der Waals surface area (Å²) in [6.07, 6.45) is 6.81. The Morgan fingerprint density at radius 1 is 1.00 bits per heavy atom. The van der Waals surface area contributed by atoms with Gasteiger partial charge < -0.3 is 10.3 Å². The molecule has 0 atom stereocenters. The first-order valence-electron chi connectivity index (χ1n) is 9.95. The van der Waals surface area contributed by atoms with Crippen molar-refractivity contribution >= 4 is 16.9 Å². The maximum atomic E-state index is 13.6. The van der Waals surface area contributed by atoms with Crippen molar-refractivity contribution in [1.29, 1.82) is 0 Å². The Kier molecular flexibility index (Phi) is 6.08. The van der Waals surface area contributed by atoms with Crippen LogP contribution in [0.5, 0.6) is 0 Å². The van der Waals surface area contributed by atoms with Gasteiger partial charge in [-0.3, -0.25) is 14.8 Å². The first-order valence-corrected chi connectivity index (χ1v) is 9.95. The fourth-order valence-corrected chi connectivity index (χ4v) is 3.30. The number of para-hydroxylation sites is 2. The summed E-state index contributed by atoms with van der Waals surface area (Å²) in [5.74, 6) is 0.209. The van der Waals surface area contributed by atoms with E-state index in [0.717, 1.165) is 48.1 Å². The number of carbonyl (C=O) groups excluding carboxylic acids is 1. The standard InChI is InChI=1S/C23H22FN5O/c24-17-7-5-12-25-21(17)15-27-23(30)20-14-16(11-13-26-20)6-1-4-10-22-28-18-8-2-3-9-19(18)29-22/h2-3,5,7-9,11-14H,1,4,6,10,15H2,(H,27,30)(H,28,29). The third kappa shape index (κ3) is 4.86. The lowest BCUT2D eigenvalue weighted by Gasteiger charge is -2.07. The van der Waals surface area contributed by atoms with Crippen molar-refractivity contribution < 1.29 is 9.18 Å². The van der Waals surface area contributed by atoms with E-state index in [1.807, 2.05) is 30.3 Å². The molecule has 0 radical (unpaired) electrons. The molecule has 7 heteroatoms. The second-order valence-corrected chi connectivity index (χ2v) is 7.07. The van der Waals surface area contributed by atoms with Gasteiger partial charge in [0.15, 0.2) is 0 Å². The highest BCUT2D eigenvalue weighted by molar-refractivity contribution is 5.92. The van der Waals surface area contributed by atoms with E-state index < -0.39 is 5.82 Å². The number of H-pyrrole nitrogens is 1. The molecule has 0 aliphatic carbocycles. The molecule has 0 bridgehead atoms. The summed E-state index contributed by atoms with van der Waals surface area (Å²) in [7, 11) is 0. The van der Waals surface area contributed by atoms with Crippen molar-refractivity contribution in [3.05, 3.63) is 89.5 Å². The average Bonchev–Trinajstić information content (AvgIpc) is 3.19. The van der Waals surface area contributed by atoms with Crippen molar-refractivity contribution in [3.8, 4) is 0 Å². The number of nitrogens with zero attached hydrogens (tertiary/aromatic N) is 3. The van der Waals surface area contributed by atoms with E-state index in [-0.39, 0.29) is 18.1 Å². The Labute approximate surface area is 173 Å².